The van der Waals surface area contributed by atoms with Crippen molar-refractivity contribution in [3.63, 3.8) is 0 Å². The molecule has 3 aromatic rings. The van der Waals surface area contributed by atoms with Gasteiger partial charge >= 0.3 is 5.69 Å². The van der Waals surface area contributed by atoms with E-state index in [2.05, 4.69) is 5.10 Å². The summed E-state index contributed by atoms with van der Waals surface area (Å²) >= 11 is 0. The molecule has 1 atom stereocenters. The highest BCUT2D eigenvalue weighted by molar-refractivity contribution is 5.77. The molecule has 1 fully saturated rings. The number of amides is 1. The average Bonchev–Trinajstić information content (AvgIpc) is 3.39. The van der Waals surface area contributed by atoms with E-state index in [1.165, 1.54) is 4.68 Å². The Morgan fingerprint density at radius 3 is 2.55 bits per heavy atom. The van der Waals surface area contributed by atoms with Crippen LogP contribution in [-0.4, -0.2) is 38.8 Å². The maximum Gasteiger partial charge on any atom is 0.346 e. The van der Waals surface area contributed by atoms with Gasteiger partial charge in [0.25, 0.3) is 0 Å². The van der Waals surface area contributed by atoms with Crippen LogP contribution < -0.4 is 10.4 Å². The van der Waals surface area contributed by atoms with Gasteiger partial charge in [-0.2, -0.15) is 5.10 Å². The van der Waals surface area contributed by atoms with Crippen molar-refractivity contribution in [2.75, 3.05) is 13.7 Å². The second kappa shape index (κ2) is 9.20. The van der Waals surface area contributed by atoms with Crippen molar-refractivity contribution in [1.29, 1.82) is 0 Å². The lowest BCUT2D eigenvalue weighted by atomic mass is 10.1. The van der Waals surface area contributed by atoms with E-state index in [9.17, 15) is 9.59 Å². The minimum atomic E-state index is -0.166. The van der Waals surface area contributed by atoms with Crippen LogP contribution in [-0.2, 0) is 24.8 Å². The van der Waals surface area contributed by atoms with Gasteiger partial charge in [0, 0.05) is 20.0 Å². The fraction of sp³-hybridized carbons (Fsp3) is 0.375. The molecule has 2 aromatic carbocycles. The summed E-state index contributed by atoms with van der Waals surface area (Å²) < 4.78 is 8.27. The third-order valence-electron chi connectivity index (χ3n) is 5.88. The molecule has 1 saturated heterocycles. The van der Waals surface area contributed by atoms with Crippen molar-refractivity contribution in [2.24, 2.45) is 7.05 Å². The molecule has 0 saturated carbocycles. The molecular formula is C24H28N4O3. The van der Waals surface area contributed by atoms with Gasteiger partial charge in [-0.1, -0.05) is 42.5 Å². The zero-order valence-corrected chi connectivity index (χ0v) is 18.0. The number of carbonyl (C=O) groups is 1. The highest BCUT2D eigenvalue weighted by Gasteiger charge is 2.34. The third kappa shape index (κ3) is 4.55. The largest absolute Gasteiger partial charge is 0.497 e. The summed E-state index contributed by atoms with van der Waals surface area (Å²) in [7, 11) is 3.30. The van der Waals surface area contributed by atoms with E-state index in [4.69, 9.17) is 4.74 Å². The lowest BCUT2D eigenvalue weighted by Gasteiger charge is -2.24. The van der Waals surface area contributed by atoms with Gasteiger partial charge in [-0.05, 0) is 42.5 Å². The molecule has 1 aliphatic heterocycles. The fourth-order valence-electron chi connectivity index (χ4n) is 4.21. The van der Waals surface area contributed by atoms with Crippen LogP contribution in [0.2, 0.25) is 0 Å². The quantitative estimate of drug-likeness (QED) is 0.589. The number of likely N-dealkylation sites (tertiary alicyclic amines) is 1. The molecule has 0 radical (unpaired) electrons. The molecule has 4 rings (SSSR count). The Kier molecular flexibility index (Phi) is 6.21. The van der Waals surface area contributed by atoms with Crippen LogP contribution in [0, 0.1) is 0 Å². The van der Waals surface area contributed by atoms with Crippen LogP contribution in [0.5, 0.6) is 5.75 Å². The topological polar surface area (TPSA) is 69.4 Å². The second-order valence-electron chi connectivity index (χ2n) is 7.93. The molecule has 0 N–H and O–H groups in total. The minimum Gasteiger partial charge on any atom is -0.497 e. The number of hydrogen-bond acceptors (Lipinski definition) is 4. The van der Waals surface area contributed by atoms with E-state index >= 15 is 0 Å². The number of aryl methyl sites for hydroxylation is 2. The van der Waals surface area contributed by atoms with Gasteiger partial charge in [0.2, 0.25) is 5.91 Å². The average molecular weight is 421 g/mol. The number of hydrogen-bond donors (Lipinski definition) is 0. The fourth-order valence-corrected chi connectivity index (χ4v) is 4.21. The summed E-state index contributed by atoms with van der Waals surface area (Å²) in [4.78, 5) is 27.7. The molecule has 0 spiro atoms. The standard InChI is InChI=1S/C24H28N4O3/c1-26-24(30)28(17-19-7-4-3-5-8-19)23(25-26)21-9-6-16-27(21)22(29)15-12-18-10-13-20(31-2)14-11-18/h3-5,7-8,10-11,13-14,21H,6,9,12,15-17H2,1-2H3. The molecule has 1 unspecified atom stereocenters. The number of carbonyl (C=O) groups excluding carboxylic acids is 1. The lowest BCUT2D eigenvalue weighted by molar-refractivity contribution is -0.132. The first kappa shape index (κ1) is 20.9. The molecule has 162 valence electrons. The Morgan fingerprint density at radius 1 is 1.10 bits per heavy atom. The van der Waals surface area contributed by atoms with Gasteiger partial charge in [-0.3, -0.25) is 9.36 Å². The summed E-state index contributed by atoms with van der Waals surface area (Å²) in [6.07, 6.45) is 2.83. The molecule has 2 heterocycles. The smallest absolute Gasteiger partial charge is 0.346 e. The molecular weight excluding hydrogens is 392 g/mol. The van der Waals surface area contributed by atoms with Crippen molar-refractivity contribution < 1.29 is 9.53 Å². The van der Waals surface area contributed by atoms with Crippen molar-refractivity contribution in [1.82, 2.24) is 19.2 Å². The van der Waals surface area contributed by atoms with E-state index in [0.29, 0.717) is 31.8 Å². The molecule has 1 amide bonds. The maximum atomic E-state index is 13.1. The zero-order chi connectivity index (χ0) is 21.8. The number of methoxy groups -OCH3 is 1. The molecule has 1 aliphatic rings. The van der Waals surface area contributed by atoms with Crippen molar-refractivity contribution in [2.45, 2.75) is 38.3 Å². The Balaban J connectivity index is 1.50. The molecule has 7 heteroatoms. The number of ether oxygens (including phenoxy) is 1. The molecule has 31 heavy (non-hydrogen) atoms. The Morgan fingerprint density at radius 2 is 1.84 bits per heavy atom. The molecule has 7 nitrogen and oxygen atoms in total. The van der Waals surface area contributed by atoms with Crippen molar-refractivity contribution in [3.8, 4) is 5.75 Å². The van der Waals surface area contributed by atoms with Gasteiger partial charge < -0.3 is 9.64 Å². The van der Waals surface area contributed by atoms with Gasteiger partial charge in [0.15, 0.2) is 5.82 Å². The summed E-state index contributed by atoms with van der Waals surface area (Å²) in [5.41, 5.74) is 1.98. The minimum absolute atomic E-state index is 0.0997. The highest BCUT2D eigenvalue weighted by Crippen LogP contribution is 2.31. The first-order valence-electron chi connectivity index (χ1n) is 10.7. The normalized spacial score (nSPS) is 15.9. The van der Waals surface area contributed by atoms with Gasteiger partial charge in [-0.25, -0.2) is 9.48 Å². The number of rotatable bonds is 7. The summed E-state index contributed by atoms with van der Waals surface area (Å²) in [6, 6.07) is 17.5. The summed E-state index contributed by atoms with van der Waals surface area (Å²) in [5, 5.41) is 4.52. The van der Waals surface area contributed by atoms with Crippen LogP contribution in [0.3, 0.4) is 0 Å². The van der Waals surface area contributed by atoms with E-state index in [1.54, 1.807) is 18.7 Å². The second-order valence-corrected chi connectivity index (χ2v) is 7.93. The Bertz CT molecular complexity index is 1090. The van der Waals surface area contributed by atoms with Crippen LogP contribution in [0.25, 0.3) is 0 Å². The summed E-state index contributed by atoms with van der Waals surface area (Å²) in [5.74, 6) is 1.58. The van der Waals surface area contributed by atoms with Crippen LogP contribution in [0.15, 0.2) is 59.4 Å². The third-order valence-corrected chi connectivity index (χ3v) is 5.88. The van der Waals surface area contributed by atoms with Crippen LogP contribution >= 0.6 is 0 Å². The van der Waals surface area contributed by atoms with E-state index < -0.39 is 0 Å². The van der Waals surface area contributed by atoms with Crippen LogP contribution in [0.1, 0.15) is 42.3 Å². The molecule has 0 bridgehead atoms. The molecule has 1 aromatic heterocycles. The first-order chi connectivity index (χ1) is 15.1. The highest BCUT2D eigenvalue weighted by atomic mass is 16.5. The SMILES string of the molecule is COc1ccc(CCC(=O)N2CCCC2c2nn(C)c(=O)n2Cc2ccccc2)cc1. The summed E-state index contributed by atoms with van der Waals surface area (Å²) in [6.45, 7) is 1.15. The zero-order valence-electron chi connectivity index (χ0n) is 18.0. The van der Waals surface area contributed by atoms with Crippen molar-refractivity contribution >= 4 is 5.91 Å². The van der Waals surface area contributed by atoms with E-state index in [-0.39, 0.29) is 17.6 Å². The lowest BCUT2D eigenvalue weighted by Crippen LogP contribution is -2.33. The number of nitrogens with zero attached hydrogens (tertiary/aromatic N) is 4. The Hall–Kier alpha value is -3.35. The number of aromatic nitrogens is 3. The van der Waals surface area contributed by atoms with E-state index in [1.807, 2.05) is 59.5 Å². The predicted octanol–water partition coefficient (Wildman–Crippen LogP) is 2.94. The maximum absolute atomic E-state index is 13.1. The number of benzene rings is 2. The van der Waals surface area contributed by atoms with Gasteiger partial charge in [0.1, 0.15) is 5.75 Å². The first-order valence-corrected chi connectivity index (χ1v) is 10.7. The van der Waals surface area contributed by atoms with Gasteiger partial charge in [0.05, 0.1) is 19.7 Å². The van der Waals surface area contributed by atoms with Gasteiger partial charge in [-0.15, -0.1) is 0 Å². The Labute approximate surface area is 181 Å². The van der Waals surface area contributed by atoms with E-state index in [0.717, 1.165) is 29.7 Å². The monoisotopic (exact) mass is 420 g/mol. The van der Waals surface area contributed by atoms with Crippen LogP contribution in [0.4, 0.5) is 0 Å². The molecule has 0 aliphatic carbocycles. The predicted molar refractivity (Wildman–Crippen MR) is 118 cm³/mol. The van der Waals surface area contributed by atoms with Crippen molar-refractivity contribution in [3.05, 3.63) is 82.0 Å².